The molecular formula is C15H21N5O5S2. The molecule has 2 aromatic rings. The summed E-state index contributed by atoms with van der Waals surface area (Å²) >= 11 is 1.40. The number of nitrogens with zero attached hydrogens (tertiary/aromatic N) is 3. The molecule has 2 rings (SSSR count). The van der Waals surface area contributed by atoms with Crippen LogP contribution in [0.4, 0.5) is 0 Å². The van der Waals surface area contributed by atoms with Crippen LogP contribution in [0.2, 0.25) is 0 Å². The van der Waals surface area contributed by atoms with Crippen LogP contribution in [0.5, 0.6) is 11.5 Å². The van der Waals surface area contributed by atoms with Crippen molar-refractivity contribution in [2.45, 2.75) is 10.1 Å². The van der Waals surface area contributed by atoms with Crippen molar-refractivity contribution in [1.29, 1.82) is 0 Å². The van der Waals surface area contributed by atoms with Gasteiger partial charge in [-0.15, -0.1) is 0 Å². The van der Waals surface area contributed by atoms with Crippen LogP contribution in [0.25, 0.3) is 0 Å². The molecule has 1 amide bonds. The van der Waals surface area contributed by atoms with Crippen molar-refractivity contribution in [1.82, 2.24) is 24.8 Å². The predicted molar refractivity (Wildman–Crippen MR) is 99.5 cm³/mol. The lowest BCUT2D eigenvalue weighted by Gasteiger charge is -2.18. The highest BCUT2D eigenvalue weighted by Crippen LogP contribution is 2.30. The van der Waals surface area contributed by atoms with Gasteiger partial charge in [-0.3, -0.25) is 9.89 Å². The highest BCUT2D eigenvalue weighted by Gasteiger charge is 2.24. The predicted octanol–water partition coefficient (Wildman–Crippen LogP) is 0.351. The molecule has 10 nitrogen and oxygen atoms in total. The first-order valence-corrected chi connectivity index (χ1v) is 10.2. The highest BCUT2D eigenvalue weighted by molar-refractivity contribution is 7.99. The molecule has 27 heavy (non-hydrogen) atoms. The van der Waals surface area contributed by atoms with Gasteiger partial charge in [-0.05, 0) is 12.1 Å². The van der Waals surface area contributed by atoms with E-state index in [1.165, 1.54) is 57.6 Å². The quantitative estimate of drug-likeness (QED) is 0.420. The van der Waals surface area contributed by atoms with Gasteiger partial charge in [0.1, 0.15) is 6.33 Å². The molecular weight excluding hydrogens is 394 g/mol. The van der Waals surface area contributed by atoms with Gasteiger partial charge in [-0.25, -0.2) is 13.4 Å². The third kappa shape index (κ3) is 5.58. The average Bonchev–Trinajstić information content (AvgIpc) is 3.18. The first kappa shape index (κ1) is 21.0. The fourth-order valence-corrected chi connectivity index (χ4v) is 3.88. The minimum absolute atomic E-state index is 0.0105. The van der Waals surface area contributed by atoms with E-state index in [0.29, 0.717) is 29.0 Å². The number of benzene rings is 1. The lowest BCUT2D eigenvalue weighted by atomic mass is 10.3. The number of sulfonamides is 1. The number of amides is 1. The fourth-order valence-electron chi connectivity index (χ4n) is 2.10. The second-order valence-corrected chi connectivity index (χ2v) is 8.40. The number of nitrogens with one attached hydrogen (secondary N) is 2. The molecule has 0 radical (unpaired) electrons. The molecule has 12 heteroatoms. The van der Waals surface area contributed by atoms with E-state index in [0.717, 1.165) is 4.31 Å². The van der Waals surface area contributed by atoms with Crippen LogP contribution in [-0.4, -0.2) is 73.9 Å². The summed E-state index contributed by atoms with van der Waals surface area (Å²) in [4.78, 5) is 16.0. The Kier molecular flexibility index (Phi) is 7.45. The molecule has 0 unspecified atom stereocenters. The Bertz CT molecular complexity index is 857. The van der Waals surface area contributed by atoms with Crippen LogP contribution < -0.4 is 14.8 Å². The summed E-state index contributed by atoms with van der Waals surface area (Å²) < 4.78 is 36.5. The number of methoxy groups -OCH3 is 2. The van der Waals surface area contributed by atoms with Gasteiger partial charge in [0.05, 0.1) is 25.7 Å². The van der Waals surface area contributed by atoms with Gasteiger partial charge in [0, 0.05) is 25.4 Å². The minimum atomic E-state index is -3.85. The zero-order valence-corrected chi connectivity index (χ0v) is 16.8. The second kappa shape index (κ2) is 9.58. The first-order valence-electron chi connectivity index (χ1n) is 7.81. The van der Waals surface area contributed by atoms with E-state index in [1.54, 1.807) is 0 Å². The number of thioether (sulfide) groups is 1. The van der Waals surface area contributed by atoms with Crippen molar-refractivity contribution in [3.63, 3.8) is 0 Å². The van der Waals surface area contributed by atoms with Crippen molar-refractivity contribution in [2.75, 3.05) is 40.1 Å². The molecule has 0 bridgehead atoms. The number of aromatic nitrogens is 3. The van der Waals surface area contributed by atoms with Crippen LogP contribution in [-0.2, 0) is 14.8 Å². The van der Waals surface area contributed by atoms with Gasteiger partial charge in [0.15, 0.2) is 16.7 Å². The number of hydrogen-bond acceptors (Lipinski definition) is 8. The molecule has 0 spiro atoms. The summed E-state index contributed by atoms with van der Waals surface area (Å²) in [7, 11) is 0.373. The molecule has 1 aromatic carbocycles. The van der Waals surface area contributed by atoms with Crippen LogP contribution in [0.15, 0.2) is 34.6 Å². The Balaban J connectivity index is 1.91. The second-order valence-electron chi connectivity index (χ2n) is 5.27. The number of carbonyl (C=O) groups excluding carboxylic acids is 1. The van der Waals surface area contributed by atoms with E-state index in [1.807, 2.05) is 0 Å². The Morgan fingerprint density at radius 3 is 2.67 bits per heavy atom. The van der Waals surface area contributed by atoms with E-state index in [9.17, 15) is 13.2 Å². The lowest BCUT2D eigenvalue weighted by molar-refractivity contribution is -0.121. The zero-order chi connectivity index (χ0) is 19.9. The van der Waals surface area contributed by atoms with Gasteiger partial charge in [-0.1, -0.05) is 11.8 Å². The number of carbonyl (C=O) groups is 1. The van der Waals surface area contributed by atoms with Crippen LogP contribution in [0.3, 0.4) is 0 Å². The van der Waals surface area contributed by atoms with E-state index >= 15 is 0 Å². The van der Waals surface area contributed by atoms with Crippen molar-refractivity contribution < 1.29 is 22.7 Å². The van der Waals surface area contributed by atoms with Gasteiger partial charge >= 0.3 is 0 Å². The Hall–Kier alpha value is -2.31. The third-order valence-electron chi connectivity index (χ3n) is 3.49. The molecule has 148 valence electrons. The molecule has 0 fully saturated rings. The van der Waals surface area contributed by atoms with Crippen LogP contribution in [0, 0.1) is 0 Å². The van der Waals surface area contributed by atoms with E-state index < -0.39 is 15.9 Å². The molecule has 0 aliphatic carbocycles. The maximum absolute atomic E-state index is 12.6. The van der Waals surface area contributed by atoms with Crippen molar-refractivity contribution >= 4 is 27.7 Å². The molecule has 0 saturated carbocycles. The number of hydrogen-bond donors (Lipinski definition) is 2. The Labute approximate surface area is 161 Å². The monoisotopic (exact) mass is 415 g/mol. The molecule has 1 heterocycles. The lowest BCUT2D eigenvalue weighted by Crippen LogP contribution is -2.39. The first-order chi connectivity index (χ1) is 12.9. The SMILES string of the molecule is COc1ccc(S(=O)(=O)N(C)CC(=O)NCCSc2ncn[nH]2)cc1OC. The molecule has 0 aliphatic rings. The van der Waals surface area contributed by atoms with Crippen molar-refractivity contribution in [3.8, 4) is 11.5 Å². The number of aromatic amines is 1. The van der Waals surface area contributed by atoms with Crippen LogP contribution in [0.1, 0.15) is 0 Å². The third-order valence-corrected chi connectivity index (χ3v) is 6.16. The summed E-state index contributed by atoms with van der Waals surface area (Å²) in [6, 6.07) is 4.26. The normalized spacial score (nSPS) is 11.4. The zero-order valence-electron chi connectivity index (χ0n) is 15.1. The minimum Gasteiger partial charge on any atom is -0.493 e. The number of ether oxygens (including phenoxy) is 2. The topological polar surface area (TPSA) is 127 Å². The Morgan fingerprint density at radius 2 is 2.04 bits per heavy atom. The van der Waals surface area contributed by atoms with Crippen LogP contribution >= 0.6 is 11.8 Å². The Morgan fingerprint density at radius 1 is 1.30 bits per heavy atom. The largest absolute Gasteiger partial charge is 0.493 e. The number of likely N-dealkylation sites (N-methyl/N-ethyl adjacent to an activating group) is 1. The molecule has 2 N–H and O–H groups in total. The smallest absolute Gasteiger partial charge is 0.243 e. The van der Waals surface area contributed by atoms with Crippen molar-refractivity contribution in [2.24, 2.45) is 0 Å². The molecule has 0 saturated heterocycles. The van der Waals surface area contributed by atoms with Gasteiger partial charge in [-0.2, -0.15) is 9.40 Å². The highest BCUT2D eigenvalue weighted by atomic mass is 32.2. The summed E-state index contributed by atoms with van der Waals surface area (Å²) in [5, 5.41) is 9.73. The van der Waals surface area contributed by atoms with Crippen molar-refractivity contribution in [3.05, 3.63) is 24.5 Å². The number of H-pyrrole nitrogens is 1. The van der Waals surface area contributed by atoms with E-state index in [2.05, 4.69) is 20.5 Å². The summed E-state index contributed by atoms with van der Waals surface area (Å²) in [6.45, 7) is 0.0676. The summed E-state index contributed by atoms with van der Waals surface area (Å²) in [5.41, 5.74) is 0. The van der Waals surface area contributed by atoms with Gasteiger partial charge < -0.3 is 14.8 Å². The molecule has 1 aromatic heterocycles. The summed E-state index contributed by atoms with van der Waals surface area (Å²) in [5.74, 6) is 0.884. The van der Waals surface area contributed by atoms with E-state index in [-0.39, 0.29) is 11.4 Å². The fraction of sp³-hybridized carbons (Fsp3) is 0.400. The molecule has 0 aliphatic heterocycles. The van der Waals surface area contributed by atoms with Gasteiger partial charge in [0.2, 0.25) is 15.9 Å². The van der Waals surface area contributed by atoms with E-state index in [4.69, 9.17) is 9.47 Å². The maximum atomic E-state index is 12.6. The summed E-state index contributed by atoms with van der Waals surface area (Å²) in [6.07, 6.45) is 1.40. The van der Waals surface area contributed by atoms with Gasteiger partial charge in [0.25, 0.3) is 0 Å². The molecule has 0 atom stereocenters. The standard InChI is InChI=1S/C15H21N5O5S2/c1-20(9-14(21)16-6-7-26-15-17-10-18-19-15)27(22,23)11-4-5-12(24-2)13(8-11)25-3/h4-5,8,10H,6-7,9H2,1-3H3,(H,16,21)(H,17,18,19). The number of rotatable bonds is 10. The average molecular weight is 415 g/mol. The maximum Gasteiger partial charge on any atom is 0.243 e.